The number of hydrogen-bond acceptors (Lipinski definition) is 2. The molecule has 20 heavy (non-hydrogen) atoms. The fourth-order valence-corrected chi connectivity index (χ4v) is 3.06. The fourth-order valence-electron chi connectivity index (χ4n) is 3.06. The van der Waals surface area contributed by atoms with Gasteiger partial charge in [-0.3, -0.25) is 0 Å². The lowest BCUT2D eigenvalue weighted by molar-refractivity contribution is 0.138. The Morgan fingerprint density at radius 3 is 2.60 bits per heavy atom. The third kappa shape index (κ3) is 3.01. The van der Waals surface area contributed by atoms with Crippen LogP contribution in [0.4, 0.5) is 0 Å². The van der Waals surface area contributed by atoms with Gasteiger partial charge in [0.2, 0.25) is 0 Å². The van der Waals surface area contributed by atoms with Gasteiger partial charge in [-0.05, 0) is 49.4 Å². The number of benzene rings is 1. The lowest BCUT2D eigenvalue weighted by atomic mass is 9.78. The maximum absolute atomic E-state index is 5.98. The summed E-state index contributed by atoms with van der Waals surface area (Å²) in [5, 5.41) is 3.66. The molecular formula is C18H29NO. The Morgan fingerprint density at radius 2 is 2.00 bits per heavy atom. The van der Waals surface area contributed by atoms with Crippen molar-refractivity contribution in [3.05, 3.63) is 29.3 Å². The van der Waals surface area contributed by atoms with Crippen LogP contribution >= 0.6 is 0 Å². The SMILES string of the molecule is CCNC(c1ccc2c(c1)CC(C)(C)O2)C(C)(C)CC. The first-order valence-corrected chi connectivity index (χ1v) is 7.84. The van der Waals surface area contributed by atoms with Crippen molar-refractivity contribution in [3.8, 4) is 5.75 Å². The molecular weight excluding hydrogens is 246 g/mol. The Bertz CT molecular complexity index is 476. The van der Waals surface area contributed by atoms with E-state index in [1.807, 2.05) is 0 Å². The van der Waals surface area contributed by atoms with Gasteiger partial charge in [-0.25, -0.2) is 0 Å². The van der Waals surface area contributed by atoms with E-state index in [4.69, 9.17) is 4.74 Å². The summed E-state index contributed by atoms with van der Waals surface area (Å²) in [5.74, 6) is 1.06. The minimum Gasteiger partial charge on any atom is -0.487 e. The summed E-state index contributed by atoms with van der Waals surface area (Å²) >= 11 is 0. The van der Waals surface area contributed by atoms with E-state index in [-0.39, 0.29) is 11.0 Å². The van der Waals surface area contributed by atoms with Gasteiger partial charge < -0.3 is 10.1 Å². The molecule has 0 fully saturated rings. The topological polar surface area (TPSA) is 21.3 Å². The minimum atomic E-state index is -0.0606. The van der Waals surface area contributed by atoms with Crippen molar-refractivity contribution in [2.24, 2.45) is 5.41 Å². The van der Waals surface area contributed by atoms with E-state index in [1.54, 1.807) is 0 Å². The quantitative estimate of drug-likeness (QED) is 0.855. The van der Waals surface area contributed by atoms with Crippen molar-refractivity contribution >= 4 is 0 Å². The van der Waals surface area contributed by atoms with Crippen molar-refractivity contribution in [2.75, 3.05) is 6.54 Å². The molecule has 0 bridgehead atoms. The molecule has 1 aromatic carbocycles. The van der Waals surface area contributed by atoms with Gasteiger partial charge in [0, 0.05) is 12.5 Å². The highest BCUT2D eigenvalue weighted by Gasteiger charge is 2.33. The maximum atomic E-state index is 5.98. The van der Waals surface area contributed by atoms with Crippen LogP contribution in [0.5, 0.6) is 5.75 Å². The summed E-state index contributed by atoms with van der Waals surface area (Å²) in [6.07, 6.45) is 2.16. The molecule has 1 heterocycles. The van der Waals surface area contributed by atoms with E-state index in [9.17, 15) is 0 Å². The lowest BCUT2D eigenvalue weighted by Gasteiger charge is -2.34. The smallest absolute Gasteiger partial charge is 0.123 e. The fraction of sp³-hybridized carbons (Fsp3) is 0.667. The van der Waals surface area contributed by atoms with Crippen molar-refractivity contribution < 1.29 is 4.74 Å². The van der Waals surface area contributed by atoms with E-state index >= 15 is 0 Å². The second-order valence-corrected chi connectivity index (χ2v) is 7.24. The third-order valence-electron chi connectivity index (χ3n) is 4.52. The third-order valence-corrected chi connectivity index (χ3v) is 4.52. The summed E-state index contributed by atoms with van der Waals surface area (Å²) in [6.45, 7) is 14.4. The molecule has 0 aliphatic carbocycles. The zero-order valence-corrected chi connectivity index (χ0v) is 13.8. The Morgan fingerprint density at radius 1 is 1.30 bits per heavy atom. The molecule has 1 atom stereocenters. The van der Waals surface area contributed by atoms with Gasteiger partial charge in [-0.1, -0.05) is 39.8 Å². The molecule has 1 unspecified atom stereocenters. The highest BCUT2D eigenvalue weighted by atomic mass is 16.5. The van der Waals surface area contributed by atoms with Crippen molar-refractivity contribution in [1.82, 2.24) is 5.32 Å². The van der Waals surface area contributed by atoms with Gasteiger partial charge in [0.15, 0.2) is 0 Å². The highest BCUT2D eigenvalue weighted by Crippen LogP contribution is 2.40. The van der Waals surface area contributed by atoms with E-state index in [2.05, 4.69) is 65.1 Å². The normalized spacial score (nSPS) is 18.5. The second kappa shape index (κ2) is 5.40. The maximum Gasteiger partial charge on any atom is 0.123 e. The Hall–Kier alpha value is -1.02. The molecule has 112 valence electrons. The first-order chi connectivity index (χ1) is 9.29. The van der Waals surface area contributed by atoms with Gasteiger partial charge in [-0.2, -0.15) is 0 Å². The van der Waals surface area contributed by atoms with E-state index in [0.717, 1.165) is 25.1 Å². The van der Waals surface area contributed by atoms with Crippen molar-refractivity contribution in [1.29, 1.82) is 0 Å². The number of hydrogen-bond donors (Lipinski definition) is 1. The number of ether oxygens (including phenoxy) is 1. The minimum absolute atomic E-state index is 0.0606. The van der Waals surface area contributed by atoms with Crippen LogP contribution in [0.25, 0.3) is 0 Å². The summed E-state index contributed by atoms with van der Waals surface area (Å²) < 4.78 is 5.98. The molecule has 1 N–H and O–H groups in total. The van der Waals surface area contributed by atoms with Crippen LogP contribution in [0, 0.1) is 5.41 Å². The van der Waals surface area contributed by atoms with Crippen LogP contribution in [0.3, 0.4) is 0 Å². The van der Waals surface area contributed by atoms with Gasteiger partial charge in [0.05, 0.1) is 0 Å². The van der Waals surface area contributed by atoms with E-state index < -0.39 is 0 Å². The summed E-state index contributed by atoms with van der Waals surface area (Å²) in [5.41, 5.74) is 2.93. The molecule has 0 amide bonds. The Kier molecular flexibility index (Phi) is 4.15. The van der Waals surface area contributed by atoms with Crippen molar-refractivity contribution in [3.63, 3.8) is 0 Å². The summed E-state index contributed by atoms with van der Waals surface area (Å²) in [7, 11) is 0. The Labute approximate surface area is 123 Å². The summed E-state index contributed by atoms with van der Waals surface area (Å²) in [4.78, 5) is 0. The standard InChI is InChI=1S/C18H29NO/c1-7-17(3,4)16(19-8-2)13-9-10-15-14(11-13)12-18(5,6)20-15/h9-11,16,19H,7-8,12H2,1-6H3. The van der Waals surface area contributed by atoms with E-state index in [0.29, 0.717) is 6.04 Å². The Balaban J connectivity index is 2.33. The van der Waals surface area contributed by atoms with Crippen LogP contribution < -0.4 is 10.1 Å². The molecule has 0 aromatic heterocycles. The predicted molar refractivity (Wildman–Crippen MR) is 85.3 cm³/mol. The van der Waals surface area contributed by atoms with Gasteiger partial charge in [0.1, 0.15) is 11.4 Å². The molecule has 0 saturated heterocycles. The van der Waals surface area contributed by atoms with Gasteiger partial charge in [0.25, 0.3) is 0 Å². The second-order valence-electron chi connectivity index (χ2n) is 7.24. The number of fused-ring (bicyclic) bond motifs is 1. The van der Waals surface area contributed by atoms with Crippen molar-refractivity contribution in [2.45, 2.75) is 66.0 Å². The van der Waals surface area contributed by atoms with Crippen LogP contribution in [0.15, 0.2) is 18.2 Å². The molecule has 2 rings (SSSR count). The first-order valence-electron chi connectivity index (χ1n) is 7.84. The molecule has 2 nitrogen and oxygen atoms in total. The average molecular weight is 275 g/mol. The predicted octanol–water partition coefficient (Wildman–Crippen LogP) is 4.49. The van der Waals surface area contributed by atoms with Gasteiger partial charge >= 0.3 is 0 Å². The monoisotopic (exact) mass is 275 g/mol. The number of rotatable bonds is 5. The van der Waals surface area contributed by atoms with Crippen LogP contribution in [0.2, 0.25) is 0 Å². The zero-order chi connectivity index (χ0) is 15.0. The van der Waals surface area contributed by atoms with E-state index in [1.165, 1.54) is 11.1 Å². The molecule has 1 aliphatic heterocycles. The van der Waals surface area contributed by atoms with Crippen LogP contribution in [0.1, 0.15) is 65.1 Å². The first kappa shape index (κ1) is 15.4. The molecule has 1 aliphatic rings. The summed E-state index contributed by atoms with van der Waals surface area (Å²) in [6, 6.07) is 7.11. The molecule has 0 spiro atoms. The molecule has 1 aromatic rings. The largest absolute Gasteiger partial charge is 0.487 e. The zero-order valence-electron chi connectivity index (χ0n) is 13.8. The highest BCUT2D eigenvalue weighted by molar-refractivity contribution is 5.43. The molecule has 2 heteroatoms. The molecule has 0 saturated carbocycles. The molecule has 0 radical (unpaired) electrons. The number of nitrogens with one attached hydrogen (secondary N) is 1. The average Bonchev–Trinajstić information content (AvgIpc) is 2.68. The van der Waals surface area contributed by atoms with Gasteiger partial charge in [-0.15, -0.1) is 0 Å². The lowest BCUT2D eigenvalue weighted by Crippen LogP contribution is -2.33. The van der Waals surface area contributed by atoms with Crippen LogP contribution in [-0.4, -0.2) is 12.1 Å². The van der Waals surface area contributed by atoms with Crippen LogP contribution in [-0.2, 0) is 6.42 Å².